The Morgan fingerprint density at radius 1 is 1.12 bits per heavy atom. The number of nitrogens with zero attached hydrogens (tertiary/aromatic N) is 1. The van der Waals surface area contributed by atoms with Gasteiger partial charge in [-0.3, -0.25) is 4.79 Å². The van der Waals surface area contributed by atoms with Crippen molar-refractivity contribution in [2.24, 2.45) is 5.92 Å². The first-order valence-corrected chi connectivity index (χ1v) is 7.98. The van der Waals surface area contributed by atoms with E-state index < -0.39 is 29.7 Å². The molecule has 25 heavy (non-hydrogen) atoms. The fraction of sp³-hybridized carbons (Fsp3) is 0.263. The molecule has 2 unspecified atom stereocenters. The number of aliphatic carboxylic acids is 1. The van der Waals surface area contributed by atoms with Crippen LogP contribution in [0.4, 0.5) is 9.18 Å². The standard InChI is InChI=1S/C19H18FNO4/c20-15-8-4-7-14(9-15)16-10-21(11-17(16)18(22)23)19(24)25-12-13-5-2-1-3-6-13/h1-9,16-17H,10-12H2,(H,22,23). The summed E-state index contributed by atoms with van der Waals surface area (Å²) in [6.45, 7) is 0.358. The minimum absolute atomic E-state index is 0.0458. The van der Waals surface area contributed by atoms with Gasteiger partial charge in [-0.1, -0.05) is 42.5 Å². The van der Waals surface area contributed by atoms with E-state index in [1.54, 1.807) is 12.1 Å². The van der Waals surface area contributed by atoms with Crippen LogP contribution in [0.25, 0.3) is 0 Å². The zero-order valence-corrected chi connectivity index (χ0v) is 13.5. The maximum atomic E-state index is 13.5. The molecule has 5 nitrogen and oxygen atoms in total. The normalized spacial score (nSPS) is 19.6. The quantitative estimate of drug-likeness (QED) is 0.925. The van der Waals surface area contributed by atoms with Crippen molar-refractivity contribution < 1.29 is 23.8 Å². The van der Waals surface area contributed by atoms with Crippen LogP contribution in [0.5, 0.6) is 0 Å². The van der Waals surface area contributed by atoms with Gasteiger partial charge >= 0.3 is 12.1 Å². The number of benzene rings is 2. The first-order chi connectivity index (χ1) is 12.0. The highest BCUT2D eigenvalue weighted by Crippen LogP contribution is 2.33. The van der Waals surface area contributed by atoms with Crippen molar-refractivity contribution in [1.29, 1.82) is 0 Å². The summed E-state index contributed by atoms with van der Waals surface area (Å²) in [5.41, 5.74) is 1.43. The van der Waals surface area contributed by atoms with E-state index in [1.165, 1.54) is 17.0 Å². The van der Waals surface area contributed by atoms with Gasteiger partial charge in [-0.2, -0.15) is 0 Å². The highest BCUT2D eigenvalue weighted by Gasteiger charge is 2.41. The lowest BCUT2D eigenvalue weighted by atomic mass is 9.89. The third-order valence-electron chi connectivity index (χ3n) is 4.38. The van der Waals surface area contributed by atoms with Crippen LogP contribution in [0, 0.1) is 11.7 Å². The second-order valence-corrected chi connectivity index (χ2v) is 6.05. The Morgan fingerprint density at radius 2 is 1.88 bits per heavy atom. The maximum absolute atomic E-state index is 13.5. The van der Waals surface area contributed by atoms with Crippen molar-refractivity contribution in [3.63, 3.8) is 0 Å². The van der Waals surface area contributed by atoms with Gasteiger partial charge < -0.3 is 14.7 Å². The van der Waals surface area contributed by atoms with Crippen molar-refractivity contribution in [1.82, 2.24) is 4.90 Å². The number of ether oxygens (including phenoxy) is 1. The molecule has 0 saturated carbocycles. The Hall–Kier alpha value is -2.89. The molecule has 2 aromatic rings. The van der Waals surface area contributed by atoms with Crippen LogP contribution in [0.2, 0.25) is 0 Å². The highest BCUT2D eigenvalue weighted by molar-refractivity contribution is 5.75. The van der Waals surface area contributed by atoms with Crippen LogP contribution >= 0.6 is 0 Å². The number of carbonyl (C=O) groups is 2. The third kappa shape index (κ3) is 3.96. The van der Waals surface area contributed by atoms with E-state index in [1.807, 2.05) is 30.3 Å². The molecular weight excluding hydrogens is 325 g/mol. The lowest BCUT2D eigenvalue weighted by Gasteiger charge is -2.16. The summed E-state index contributed by atoms with van der Waals surface area (Å²) >= 11 is 0. The van der Waals surface area contributed by atoms with Gasteiger partial charge in [0.2, 0.25) is 0 Å². The number of carbonyl (C=O) groups excluding carboxylic acids is 1. The molecule has 6 heteroatoms. The highest BCUT2D eigenvalue weighted by atomic mass is 19.1. The monoisotopic (exact) mass is 343 g/mol. The Balaban J connectivity index is 1.69. The minimum Gasteiger partial charge on any atom is -0.481 e. The summed E-state index contributed by atoms with van der Waals surface area (Å²) in [6.07, 6.45) is -0.561. The Bertz CT molecular complexity index is 765. The summed E-state index contributed by atoms with van der Waals surface area (Å²) in [6, 6.07) is 15.1. The van der Waals surface area contributed by atoms with Gasteiger partial charge in [0.05, 0.1) is 5.92 Å². The third-order valence-corrected chi connectivity index (χ3v) is 4.38. The largest absolute Gasteiger partial charge is 0.481 e. The predicted octanol–water partition coefficient (Wildman–Crippen LogP) is 3.26. The molecule has 2 aromatic carbocycles. The summed E-state index contributed by atoms with van der Waals surface area (Å²) in [5.74, 6) is -2.68. The lowest BCUT2D eigenvalue weighted by molar-refractivity contribution is -0.141. The molecule has 0 aliphatic carbocycles. The Labute approximate surface area is 144 Å². The molecule has 1 saturated heterocycles. The average Bonchev–Trinajstić information content (AvgIpc) is 3.06. The molecular formula is C19H18FNO4. The number of hydrogen-bond donors (Lipinski definition) is 1. The number of carboxylic acid groups (broad SMARTS) is 1. The molecule has 0 spiro atoms. The molecule has 1 aliphatic rings. The first kappa shape index (κ1) is 17.0. The van der Waals surface area contributed by atoms with Gasteiger partial charge in [0.1, 0.15) is 12.4 Å². The van der Waals surface area contributed by atoms with E-state index in [0.717, 1.165) is 5.56 Å². The van der Waals surface area contributed by atoms with Crippen LogP contribution < -0.4 is 0 Å². The van der Waals surface area contributed by atoms with Crippen LogP contribution in [0.15, 0.2) is 54.6 Å². The van der Waals surface area contributed by atoms with Crippen LogP contribution in [-0.4, -0.2) is 35.2 Å². The van der Waals surface area contributed by atoms with Crippen LogP contribution in [0.1, 0.15) is 17.0 Å². The predicted molar refractivity (Wildman–Crippen MR) is 88.5 cm³/mol. The first-order valence-electron chi connectivity index (χ1n) is 7.98. The summed E-state index contributed by atoms with van der Waals surface area (Å²) in [7, 11) is 0. The second-order valence-electron chi connectivity index (χ2n) is 6.05. The summed E-state index contributed by atoms with van der Waals surface area (Å²) < 4.78 is 18.7. The number of hydrogen-bond acceptors (Lipinski definition) is 3. The molecule has 0 radical (unpaired) electrons. The van der Waals surface area contributed by atoms with Gasteiger partial charge in [-0.25, -0.2) is 9.18 Å². The summed E-state index contributed by atoms with van der Waals surface area (Å²) in [5, 5.41) is 9.45. The van der Waals surface area contributed by atoms with Crippen molar-refractivity contribution in [2.75, 3.05) is 13.1 Å². The van der Waals surface area contributed by atoms with E-state index in [9.17, 15) is 19.1 Å². The smallest absolute Gasteiger partial charge is 0.410 e. The molecule has 0 bridgehead atoms. The second kappa shape index (κ2) is 7.34. The number of likely N-dealkylation sites (tertiary alicyclic amines) is 1. The molecule has 1 amide bonds. The molecule has 1 fully saturated rings. The van der Waals surface area contributed by atoms with Gasteiger partial charge in [0.25, 0.3) is 0 Å². The minimum atomic E-state index is -1.01. The zero-order chi connectivity index (χ0) is 17.8. The topological polar surface area (TPSA) is 66.8 Å². The fourth-order valence-corrected chi connectivity index (χ4v) is 3.09. The Kier molecular flexibility index (Phi) is 4.97. The average molecular weight is 343 g/mol. The fourth-order valence-electron chi connectivity index (χ4n) is 3.09. The van der Waals surface area contributed by atoms with Gasteiger partial charge in [0.15, 0.2) is 0 Å². The Morgan fingerprint density at radius 3 is 2.56 bits per heavy atom. The molecule has 130 valence electrons. The van der Waals surface area contributed by atoms with Crippen molar-refractivity contribution in [3.8, 4) is 0 Å². The number of carboxylic acids is 1. The molecule has 3 rings (SSSR count). The van der Waals surface area contributed by atoms with Crippen LogP contribution in [0.3, 0.4) is 0 Å². The van der Waals surface area contributed by atoms with E-state index in [0.29, 0.717) is 5.56 Å². The zero-order valence-electron chi connectivity index (χ0n) is 13.5. The van der Waals surface area contributed by atoms with Crippen LogP contribution in [-0.2, 0) is 16.1 Å². The van der Waals surface area contributed by atoms with Gasteiger partial charge in [-0.05, 0) is 23.3 Å². The molecule has 1 heterocycles. The van der Waals surface area contributed by atoms with E-state index in [2.05, 4.69) is 0 Å². The van der Waals surface area contributed by atoms with E-state index >= 15 is 0 Å². The van der Waals surface area contributed by atoms with Crippen molar-refractivity contribution >= 4 is 12.1 Å². The SMILES string of the molecule is O=C(O)C1CN(C(=O)OCc2ccccc2)CC1c1cccc(F)c1. The lowest BCUT2D eigenvalue weighted by Crippen LogP contribution is -2.30. The van der Waals surface area contributed by atoms with E-state index in [-0.39, 0.29) is 19.7 Å². The molecule has 2 atom stereocenters. The summed E-state index contributed by atoms with van der Waals surface area (Å²) in [4.78, 5) is 25.2. The van der Waals surface area contributed by atoms with Gasteiger partial charge in [-0.15, -0.1) is 0 Å². The van der Waals surface area contributed by atoms with Gasteiger partial charge in [0, 0.05) is 19.0 Å². The molecule has 1 N–H and O–H groups in total. The van der Waals surface area contributed by atoms with Crippen molar-refractivity contribution in [3.05, 3.63) is 71.5 Å². The molecule has 1 aliphatic heterocycles. The number of amides is 1. The number of rotatable bonds is 4. The maximum Gasteiger partial charge on any atom is 0.410 e. The van der Waals surface area contributed by atoms with Crippen molar-refractivity contribution in [2.45, 2.75) is 12.5 Å². The molecule has 0 aromatic heterocycles. The number of halogens is 1. The van der Waals surface area contributed by atoms with E-state index in [4.69, 9.17) is 4.74 Å².